The smallest absolute Gasteiger partial charge is 0.174 e. The summed E-state index contributed by atoms with van der Waals surface area (Å²) in [6, 6.07) is 27.1. The lowest BCUT2D eigenvalue weighted by molar-refractivity contribution is 0.345. The van der Waals surface area contributed by atoms with Crippen molar-refractivity contribution >= 4 is 23.0 Å². The highest BCUT2D eigenvalue weighted by atomic mass is 32.1. The lowest BCUT2D eigenvalue weighted by atomic mass is 9.94. The predicted molar refractivity (Wildman–Crippen MR) is 157 cm³/mol. The van der Waals surface area contributed by atoms with Crippen molar-refractivity contribution in [3.8, 4) is 11.5 Å². The Hall–Kier alpha value is -3.64. The number of para-hydroxylation sites is 1. The molecule has 0 unspecified atom stereocenters. The molecule has 3 heterocycles. The van der Waals surface area contributed by atoms with Gasteiger partial charge in [0, 0.05) is 29.3 Å². The zero-order valence-corrected chi connectivity index (χ0v) is 22.8. The number of benzene rings is 2. The summed E-state index contributed by atoms with van der Waals surface area (Å²) in [5, 5.41) is 4.32. The summed E-state index contributed by atoms with van der Waals surface area (Å²) in [5.74, 6) is 1.62. The van der Waals surface area contributed by atoms with Crippen LogP contribution in [0.3, 0.4) is 0 Å². The topological polar surface area (TPSA) is 42.3 Å². The van der Waals surface area contributed by atoms with E-state index in [9.17, 15) is 0 Å². The molecule has 1 saturated heterocycles. The van der Waals surface area contributed by atoms with Gasteiger partial charge in [0.15, 0.2) is 5.11 Å². The molecule has 2 fully saturated rings. The summed E-state index contributed by atoms with van der Waals surface area (Å²) >= 11 is 5.97. The van der Waals surface area contributed by atoms with Crippen molar-refractivity contribution < 1.29 is 4.74 Å². The molecule has 1 aliphatic heterocycles. The normalized spacial score (nSPS) is 19.9. The van der Waals surface area contributed by atoms with E-state index in [1.807, 2.05) is 60.8 Å². The number of ether oxygens (including phenoxy) is 1. The lowest BCUT2D eigenvalue weighted by Gasteiger charge is -2.30. The van der Waals surface area contributed by atoms with E-state index in [1.165, 1.54) is 49.1 Å². The fourth-order valence-corrected chi connectivity index (χ4v) is 6.60. The molecule has 0 spiro atoms. The van der Waals surface area contributed by atoms with Gasteiger partial charge in [-0.1, -0.05) is 43.5 Å². The van der Waals surface area contributed by atoms with Crippen LogP contribution in [0.4, 0.5) is 5.69 Å². The maximum Gasteiger partial charge on any atom is 0.174 e. The van der Waals surface area contributed by atoms with Gasteiger partial charge in [0.2, 0.25) is 0 Å². The number of aryl methyl sites for hydroxylation is 1. The molecule has 1 N–H and O–H groups in total. The first-order chi connectivity index (χ1) is 18.6. The molecular weight excluding hydrogens is 488 g/mol. The van der Waals surface area contributed by atoms with Gasteiger partial charge in [0.25, 0.3) is 0 Å². The van der Waals surface area contributed by atoms with Crippen LogP contribution in [0.2, 0.25) is 0 Å². The van der Waals surface area contributed by atoms with Crippen LogP contribution in [0.5, 0.6) is 11.5 Å². The largest absolute Gasteiger partial charge is 0.457 e. The van der Waals surface area contributed by atoms with Crippen molar-refractivity contribution in [3.63, 3.8) is 0 Å². The van der Waals surface area contributed by atoms with Gasteiger partial charge in [-0.05, 0) is 99.1 Å². The molecule has 5 nitrogen and oxygen atoms in total. The Morgan fingerprint density at radius 3 is 2.29 bits per heavy atom. The van der Waals surface area contributed by atoms with Crippen LogP contribution in [-0.2, 0) is 0 Å². The van der Waals surface area contributed by atoms with Gasteiger partial charge in [-0.2, -0.15) is 0 Å². The van der Waals surface area contributed by atoms with E-state index in [2.05, 4.69) is 52.9 Å². The number of pyridine rings is 1. The monoisotopic (exact) mass is 522 g/mol. The Balaban J connectivity index is 1.38. The van der Waals surface area contributed by atoms with Gasteiger partial charge < -0.3 is 19.5 Å². The van der Waals surface area contributed by atoms with Gasteiger partial charge in [-0.15, -0.1) is 0 Å². The Bertz CT molecular complexity index is 1390. The summed E-state index contributed by atoms with van der Waals surface area (Å²) in [5.41, 5.74) is 6.00. The van der Waals surface area contributed by atoms with Gasteiger partial charge in [0.1, 0.15) is 11.5 Å². The summed E-state index contributed by atoms with van der Waals surface area (Å²) in [6.07, 6.45) is 8.35. The minimum Gasteiger partial charge on any atom is -0.457 e. The molecule has 0 amide bonds. The van der Waals surface area contributed by atoms with E-state index in [4.69, 9.17) is 21.9 Å². The van der Waals surface area contributed by atoms with Crippen LogP contribution in [0, 0.1) is 13.8 Å². The summed E-state index contributed by atoms with van der Waals surface area (Å²) in [7, 11) is 0. The van der Waals surface area contributed by atoms with Crippen LogP contribution in [0.15, 0.2) is 85.1 Å². The van der Waals surface area contributed by atoms with Gasteiger partial charge >= 0.3 is 0 Å². The van der Waals surface area contributed by atoms with Crippen molar-refractivity contribution in [3.05, 3.63) is 108 Å². The van der Waals surface area contributed by atoms with Gasteiger partial charge in [-0.25, -0.2) is 0 Å². The van der Waals surface area contributed by atoms with Crippen LogP contribution in [-0.4, -0.2) is 14.7 Å². The number of hydrogen-bond acceptors (Lipinski definition) is 3. The SMILES string of the molecule is Cc1cc([C@@H]2[C@H](c3ccccn3)NC(=S)N2c2ccc(Oc3ccccc3)cc2)c(C)n1C1CCCCC1. The van der Waals surface area contributed by atoms with Crippen LogP contribution >= 0.6 is 12.2 Å². The third-order valence-corrected chi connectivity index (χ3v) is 8.29. The maximum atomic E-state index is 6.05. The Morgan fingerprint density at radius 1 is 0.868 bits per heavy atom. The second-order valence-corrected chi connectivity index (χ2v) is 10.8. The van der Waals surface area contributed by atoms with E-state index >= 15 is 0 Å². The lowest BCUT2D eigenvalue weighted by Crippen LogP contribution is -2.29. The standard InChI is InChI=1S/C32H34N4OS/c1-22-21-28(23(2)35(22)24-11-5-3-6-12-24)31-30(29-15-9-10-20-33-29)34-32(38)36(31)25-16-18-27(19-17-25)37-26-13-7-4-8-14-26/h4,7-10,13-21,24,30-31H,3,5-6,11-12H2,1-2H3,(H,34,38)/t30-,31+/m0/s1. The number of aromatic nitrogens is 2. The Kier molecular flexibility index (Phi) is 6.90. The minimum absolute atomic E-state index is 0.0122. The molecule has 0 bridgehead atoms. The molecule has 6 heteroatoms. The summed E-state index contributed by atoms with van der Waals surface area (Å²) in [6.45, 7) is 4.53. The summed E-state index contributed by atoms with van der Waals surface area (Å²) in [4.78, 5) is 6.99. The molecule has 1 aliphatic carbocycles. The number of nitrogens with zero attached hydrogens (tertiary/aromatic N) is 3. The van der Waals surface area contributed by atoms with Gasteiger partial charge in [-0.3, -0.25) is 4.98 Å². The predicted octanol–water partition coefficient (Wildman–Crippen LogP) is 7.97. The average molecular weight is 523 g/mol. The van der Waals surface area contributed by atoms with Crippen LogP contribution < -0.4 is 15.0 Å². The number of nitrogens with one attached hydrogen (secondary N) is 1. The maximum absolute atomic E-state index is 6.05. The average Bonchev–Trinajstić information content (AvgIpc) is 3.45. The number of anilines is 1. The number of thiocarbonyl (C=S) groups is 1. The first-order valence-electron chi connectivity index (χ1n) is 13.6. The molecule has 2 aromatic heterocycles. The van der Waals surface area contributed by atoms with Crippen molar-refractivity contribution in [2.24, 2.45) is 0 Å². The third-order valence-electron chi connectivity index (χ3n) is 7.97. The van der Waals surface area contributed by atoms with Crippen molar-refractivity contribution in [1.29, 1.82) is 0 Å². The van der Waals surface area contributed by atoms with E-state index in [0.29, 0.717) is 11.2 Å². The molecule has 2 atom stereocenters. The zero-order chi connectivity index (χ0) is 26.1. The highest BCUT2D eigenvalue weighted by Gasteiger charge is 2.42. The zero-order valence-electron chi connectivity index (χ0n) is 22.0. The number of rotatable bonds is 6. The first kappa shape index (κ1) is 24.7. The van der Waals surface area contributed by atoms with Crippen molar-refractivity contribution in [2.75, 3.05) is 4.90 Å². The second-order valence-electron chi connectivity index (χ2n) is 10.4. The minimum atomic E-state index is -0.0516. The quantitative estimate of drug-likeness (QED) is 0.260. The Morgan fingerprint density at radius 2 is 1.58 bits per heavy atom. The molecule has 6 rings (SSSR count). The molecular formula is C32H34N4OS. The van der Waals surface area contributed by atoms with E-state index in [0.717, 1.165) is 22.9 Å². The highest BCUT2D eigenvalue weighted by molar-refractivity contribution is 7.80. The second kappa shape index (κ2) is 10.6. The molecule has 2 aromatic carbocycles. The molecule has 2 aliphatic rings. The molecule has 1 saturated carbocycles. The van der Waals surface area contributed by atoms with Gasteiger partial charge in [0.05, 0.1) is 17.8 Å². The summed E-state index contributed by atoms with van der Waals surface area (Å²) < 4.78 is 8.63. The van der Waals surface area contributed by atoms with Crippen LogP contribution in [0.1, 0.15) is 72.9 Å². The van der Waals surface area contributed by atoms with Crippen molar-refractivity contribution in [2.45, 2.75) is 64.1 Å². The highest BCUT2D eigenvalue weighted by Crippen LogP contribution is 2.45. The van der Waals surface area contributed by atoms with E-state index < -0.39 is 0 Å². The van der Waals surface area contributed by atoms with Crippen molar-refractivity contribution in [1.82, 2.24) is 14.9 Å². The van der Waals surface area contributed by atoms with E-state index in [-0.39, 0.29) is 12.1 Å². The molecule has 4 aromatic rings. The fraction of sp³-hybridized carbons (Fsp3) is 0.312. The molecule has 194 valence electrons. The third kappa shape index (κ3) is 4.69. The van der Waals surface area contributed by atoms with E-state index in [1.54, 1.807) is 0 Å². The van der Waals surface area contributed by atoms with Crippen LogP contribution in [0.25, 0.3) is 0 Å². The first-order valence-corrected chi connectivity index (χ1v) is 14.0. The fourth-order valence-electron chi connectivity index (χ4n) is 6.25. The number of hydrogen-bond donors (Lipinski definition) is 1. The molecule has 0 radical (unpaired) electrons. The molecule has 38 heavy (non-hydrogen) atoms. The Labute approximate surface area is 230 Å².